The molecule has 13 heteroatoms. The molecule has 1 saturated heterocycles. The first-order valence-electron chi connectivity index (χ1n) is 11.5. The number of H-pyrrole nitrogens is 1. The molecule has 3 heterocycles. The summed E-state index contributed by atoms with van der Waals surface area (Å²) >= 11 is 3.22. The molecule has 1 aliphatic rings. The molecule has 1 aliphatic heterocycles. The van der Waals surface area contributed by atoms with Gasteiger partial charge in [-0.1, -0.05) is 6.07 Å². The van der Waals surface area contributed by atoms with Crippen molar-refractivity contribution in [2.24, 2.45) is 0 Å². The van der Waals surface area contributed by atoms with Gasteiger partial charge in [-0.25, -0.2) is 19.6 Å². The smallest absolute Gasteiger partial charge is 0.419 e. The minimum absolute atomic E-state index is 0.0189. The Balaban J connectivity index is 1.67. The number of hydrogen-bond acceptors (Lipinski definition) is 6. The van der Waals surface area contributed by atoms with Crippen LogP contribution in [0, 0.1) is 0 Å². The van der Waals surface area contributed by atoms with E-state index in [9.17, 15) is 27.9 Å². The van der Waals surface area contributed by atoms with Crippen LogP contribution >= 0.6 is 15.9 Å². The van der Waals surface area contributed by atoms with Gasteiger partial charge in [0.25, 0.3) is 0 Å². The van der Waals surface area contributed by atoms with Gasteiger partial charge in [-0.05, 0) is 55.6 Å². The molecule has 1 amide bonds. The van der Waals surface area contributed by atoms with Crippen LogP contribution in [0.1, 0.15) is 49.5 Å². The molecular weight excluding hydrogens is 559 g/mol. The number of likely N-dealkylation sites (tertiary alicyclic amines) is 1. The summed E-state index contributed by atoms with van der Waals surface area (Å²) in [5, 5.41) is 12.8. The molecule has 3 aromatic rings. The highest BCUT2D eigenvalue weighted by Crippen LogP contribution is 2.40. The van der Waals surface area contributed by atoms with E-state index in [4.69, 9.17) is 4.74 Å². The van der Waals surface area contributed by atoms with E-state index in [-0.39, 0.29) is 39.8 Å². The van der Waals surface area contributed by atoms with Gasteiger partial charge >= 0.3 is 18.2 Å². The summed E-state index contributed by atoms with van der Waals surface area (Å²) in [5.41, 5.74) is -1.60. The Morgan fingerprint density at radius 3 is 2.65 bits per heavy atom. The molecule has 198 valence electrons. The zero-order chi connectivity index (χ0) is 27.1. The third-order valence-corrected chi connectivity index (χ3v) is 6.60. The lowest BCUT2D eigenvalue weighted by atomic mass is 10.0. The Bertz CT molecular complexity index is 1350. The summed E-state index contributed by atoms with van der Waals surface area (Å²) in [6.07, 6.45) is -1.78. The van der Waals surface area contributed by atoms with Crippen LogP contribution in [-0.2, 0) is 10.9 Å². The first-order valence-corrected chi connectivity index (χ1v) is 12.3. The number of aromatic nitrogens is 3. The number of rotatable bonds is 4. The van der Waals surface area contributed by atoms with Crippen molar-refractivity contribution < 1.29 is 32.6 Å². The Kier molecular flexibility index (Phi) is 7.10. The van der Waals surface area contributed by atoms with Crippen molar-refractivity contribution in [3.05, 3.63) is 40.1 Å². The number of benzene rings is 1. The van der Waals surface area contributed by atoms with Crippen molar-refractivity contribution in [3.63, 3.8) is 0 Å². The first kappa shape index (κ1) is 26.7. The summed E-state index contributed by atoms with van der Waals surface area (Å²) < 4.78 is 47.3. The predicted molar refractivity (Wildman–Crippen MR) is 133 cm³/mol. The van der Waals surface area contributed by atoms with Gasteiger partial charge in [-0.3, -0.25) is 0 Å². The lowest BCUT2D eigenvalue weighted by molar-refractivity contribution is -0.137. The van der Waals surface area contributed by atoms with Gasteiger partial charge in [-0.15, -0.1) is 0 Å². The number of aromatic carboxylic acids is 1. The van der Waals surface area contributed by atoms with Crippen LogP contribution in [0.15, 0.2) is 29.0 Å². The number of piperidine rings is 1. The third-order valence-electron chi connectivity index (χ3n) is 5.78. The standard InChI is InChI=1S/C24H25BrF3N5O4/c1-23(2,3)37-22(36)33-8-4-5-12(11-33)31-21-30-10-16(24(26,27)28)18(32-21)15-9-29-19-13(15)6-7-14(17(19)25)20(34)35/h6-7,9-10,12,29H,4-5,8,11H2,1-3H3,(H,34,35)(H,30,31,32)/t12-/m0/s1. The van der Waals surface area contributed by atoms with Gasteiger partial charge in [0.1, 0.15) is 11.2 Å². The lowest BCUT2D eigenvalue weighted by Crippen LogP contribution is -2.47. The number of carbonyl (C=O) groups is 2. The Morgan fingerprint density at radius 1 is 1.27 bits per heavy atom. The fourth-order valence-electron chi connectivity index (χ4n) is 4.16. The fourth-order valence-corrected chi connectivity index (χ4v) is 4.79. The van der Waals surface area contributed by atoms with Crippen molar-refractivity contribution in [1.29, 1.82) is 0 Å². The van der Waals surface area contributed by atoms with E-state index in [0.29, 0.717) is 30.3 Å². The average molecular weight is 584 g/mol. The van der Waals surface area contributed by atoms with Crippen molar-refractivity contribution in [2.75, 3.05) is 18.4 Å². The number of ether oxygens (including phenoxy) is 1. The molecule has 1 fully saturated rings. The highest BCUT2D eigenvalue weighted by Gasteiger charge is 2.36. The first-order chi connectivity index (χ1) is 17.2. The SMILES string of the molecule is CC(C)(C)OC(=O)N1CCC[C@H](Nc2ncc(C(F)(F)F)c(-c3c[nH]c4c(Br)c(C(=O)O)ccc34)n2)C1. The number of fused-ring (bicyclic) bond motifs is 1. The number of halogens is 4. The zero-order valence-corrected chi connectivity index (χ0v) is 21.8. The van der Waals surface area contributed by atoms with Crippen molar-refractivity contribution in [2.45, 2.75) is 51.4 Å². The predicted octanol–water partition coefficient (Wildman–Crippen LogP) is 5.92. The fraction of sp³-hybridized carbons (Fsp3) is 0.417. The molecule has 9 nitrogen and oxygen atoms in total. The zero-order valence-electron chi connectivity index (χ0n) is 20.2. The molecule has 0 spiro atoms. The number of nitrogens with one attached hydrogen (secondary N) is 2. The molecule has 0 unspecified atom stereocenters. The third kappa shape index (κ3) is 5.81. The van der Waals surface area contributed by atoms with E-state index in [1.54, 1.807) is 25.7 Å². The second kappa shape index (κ2) is 9.84. The number of aromatic amines is 1. The summed E-state index contributed by atoms with van der Waals surface area (Å²) in [4.78, 5) is 36.4. The lowest BCUT2D eigenvalue weighted by Gasteiger charge is -2.34. The molecule has 3 N–H and O–H groups in total. The van der Waals surface area contributed by atoms with Crippen LogP contribution in [-0.4, -0.2) is 61.8 Å². The van der Waals surface area contributed by atoms with Crippen LogP contribution in [0.25, 0.3) is 22.2 Å². The number of hydrogen-bond donors (Lipinski definition) is 3. The molecule has 1 atom stereocenters. The Hall–Kier alpha value is -3.35. The van der Waals surface area contributed by atoms with Crippen molar-refractivity contribution in [1.82, 2.24) is 19.9 Å². The molecule has 0 radical (unpaired) electrons. The quantitative estimate of drug-likeness (QED) is 0.349. The van der Waals surface area contributed by atoms with Gasteiger partial charge in [0.2, 0.25) is 5.95 Å². The van der Waals surface area contributed by atoms with Gasteiger partial charge in [-0.2, -0.15) is 13.2 Å². The average Bonchev–Trinajstić information content (AvgIpc) is 3.22. The van der Waals surface area contributed by atoms with E-state index >= 15 is 0 Å². The highest BCUT2D eigenvalue weighted by atomic mass is 79.9. The summed E-state index contributed by atoms with van der Waals surface area (Å²) in [5.74, 6) is -1.20. The Morgan fingerprint density at radius 2 is 2.00 bits per heavy atom. The molecule has 4 rings (SSSR count). The monoisotopic (exact) mass is 583 g/mol. The maximum atomic E-state index is 13.9. The maximum absolute atomic E-state index is 13.9. The van der Waals surface area contributed by atoms with E-state index in [1.807, 2.05) is 0 Å². The van der Waals surface area contributed by atoms with Crippen LogP contribution in [0.5, 0.6) is 0 Å². The molecular formula is C24H25BrF3N5O4. The maximum Gasteiger partial charge on any atom is 0.419 e. The van der Waals surface area contributed by atoms with Gasteiger partial charge < -0.3 is 25.0 Å². The number of carbonyl (C=O) groups excluding carboxylic acids is 1. The van der Waals surface area contributed by atoms with E-state index in [1.165, 1.54) is 18.3 Å². The summed E-state index contributed by atoms with van der Waals surface area (Å²) in [7, 11) is 0. The number of anilines is 1. The van der Waals surface area contributed by atoms with Crippen LogP contribution in [0.4, 0.5) is 23.9 Å². The van der Waals surface area contributed by atoms with Crippen molar-refractivity contribution >= 4 is 44.8 Å². The molecule has 1 aromatic carbocycles. The van der Waals surface area contributed by atoms with Crippen LogP contribution in [0.2, 0.25) is 0 Å². The number of nitrogens with zero attached hydrogens (tertiary/aromatic N) is 3. The summed E-state index contributed by atoms with van der Waals surface area (Å²) in [6.45, 7) is 6.11. The minimum atomic E-state index is -4.73. The number of alkyl halides is 3. The Labute approximate surface area is 218 Å². The van der Waals surface area contributed by atoms with Gasteiger partial charge in [0, 0.05) is 42.5 Å². The number of amides is 1. The molecule has 37 heavy (non-hydrogen) atoms. The largest absolute Gasteiger partial charge is 0.478 e. The topological polar surface area (TPSA) is 120 Å². The minimum Gasteiger partial charge on any atom is -0.478 e. The van der Waals surface area contributed by atoms with Crippen molar-refractivity contribution in [3.8, 4) is 11.3 Å². The van der Waals surface area contributed by atoms with Crippen LogP contribution in [0.3, 0.4) is 0 Å². The molecule has 2 aromatic heterocycles. The normalized spacial score (nSPS) is 16.6. The number of carboxylic acid groups (broad SMARTS) is 1. The second-order valence-electron chi connectivity index (χ2n) is 9.72. The van der Waals surface area contributed by atoms with E-state index in [2.05, 4.69) is 36.2 Å². The van der Waals surface area contributed by atoms with Gasteiger partial charge in [0.15, 0.2) is 0 Å². The second-order valence-corrected chi connectivity index (χ2v) is 10.5. The van der Waals surface area contributed by atoms with E-state index in [0.717, 1.165) is 6.20 Å². The number of carboxylic acids is 1. The molecule has 0 bridgehead atoms. The summed E-state index contributed by atoms with van der Waals surface area (Å²) in [6, 6.07) is 2.46. The highest BCUT2D eigenvalue weighted by molar-refractivity contribution is 9.10. The van der Waals surface area contributed by atoms with E-state index < -0.39 is 29.4 Å². The molecule has 0 aliphatic carbocycles. The van der Waals surface area contributed by atoms with Gasteiger partial charge in [0.05, 0.1) is 21.2 Å². The molecule has 0 saturated carbocycles. The van der Waals surface area contributed by atoms with Crippen LogP contribution < -0.4 is 5.32 Å².